The van der Waals surface area contributed by atoms with Crippen molar-refractivity contribution < 1.29 is 9.53 Å². The van der Waals surface area contributed by atoms with Gasteiger partial charge in [0.2, 0.25) is 0 Å². The molecule has 142 valence electrons. The first kappa shape index (κ1) is 20.6. The number of hydrogen-bond acceptors (Lipinski definition) is 4. The minimum Gasteiger partial charge on any atom is -0.487 e. The molecule has 1 aliphatic heterocycles. The summed E-state index contributed by atoms with van der Waals surface area (Å²) in [6.45, 7) is 4.21. The molecule has 2 unspecified atom stereocenters. The topological polar surface area (TPSA) is 68.2 Å². The van der Waals surface area contributed by atoms with Gasteiger partial charge in [-0.05, 0) is 44.5 Å². The number of halogens is 2. The van der Waals surface area contributed by atoms with Crippen LogP contribution in [0.5, 0.6) is 5.75 Å². The Balaban J connectivity index is 0.00000243. The summed E-state index contributed by atoms with van der Waals surface area (Å²) in [5, 5.41) is 11.2. The molecule has 1 aromatic heterocycles. The van der Waals surface area contributed by atoms with Crippen LogP contribution < -0.4 is 15.4 Å². The van der Waals surface area contributed by atoms with Crippen molar-refractivity contribution in [1.29, 1.82) is 0 Å². The second-order valence-corrected chi connectivity index (χ2v) is 6.66. The third kappa shape index (κ3) is 5.37. The van der Waals surface area contributed by atoms with Gasteiger partial charge in [0.1, 0.15) is 17.5 Å². The number of carbonyl (C=O) groups is 1. The van der Waals surface area contributed by atoms with Crippen molar-refractivity contribution in [2.24, 2.45) is 0 Å². The van der Waals surface area contributed by atoms with Crippen molar-refractivity contribution in [1.82, 2.24) is 20.4 Å². The van der Waals surface area contributed by atoms with E-state index in [4.69, 9.17) is 16.3 Å². The number of nitrogens with zero attached hydrogens (tertiary/aromatic N) is 2. The number of hydrogen-bond donors (Lipinski definition) is 2. The minimum atomic E-state index is -0.200. The van der Waals surface area contributed by atoms with E-state index < -0.39 is 0 Å². The van der Waals surface area contributed by atoms with Crippen LogP contribution in [0.3, 0.4) is 0 Å². The van der Waals surface area contributed by atoms with E-state index in [1.807, 2.05) is 29.9 Å². The van der Waals surface area contributed by atoms with Gasteiger partial charge in [-0.15, -0.1) is 12.4 Å². The highest BCUT2D eigenvalue weighted by Gasteiger charge is 2.18. The molecule has 26 heavy (non-hydrogen) atoms. The van der Waals surface area contributed by atoms with E-state index in [1.54, 1.807) is 18.2 Å². The first-order valence-electron chi connectivity index (χ1n) is 8.59. The molecular weight excluding hydrogens is 375 g/mol. The van der Waals surface area contributed by atoms with Crippen LogP contribution in [0.1, 0.15) is 36.3 Å². The minimum absolute atomic E-state index is 0. The Kier molecular flexibility index (Phi) is 7.75. The lowest BCUT2D eigenvalue weighted by molar-refractivity contribution is 0.0926. The van der Waals surface area contributed by atoms with Crippen molar-refractivity contribution in [2.45, 2.75) is 31.9 Å². The monoisotopic (exact) mass is 398 g/mol. The van der Waals surface area contributed by atoms with Crippen LogP contribution in [-0.2, 0) is 0 Å². The van der Waals surface area contributed by atoms with E-state index in [2.05, 4.69) is 15.7 Å². The van der Waals surface area contributed by atoms with E-state index in [0.29, 0.717) is 29.1 Å². The van der Waals surface area contributed by atoms with Gasteiger partial charge >= 0.3 is 0 Å². The highest BCUT2D eigenvalue weighted by Crippen LogP contribution is 2.24. The molecule has 0 bridgehead atoms. The molecule has 2 atom stereocenters. The Morgan fingerprint density at radius 1 is 1.46 bits per heavy atom. The van der Waals surface area contributed by atoms with Crippen LogP contribution in [0.2, 0.25) is 5.02 Å². The number of aromatic nitrogens is 2. The maximum Gasteiger partial charge on any atom is 0.271 e. The molecule has 2 N–H and O–H groups in total. The largest absolute Gasteiger partial charge is 0.487 e. The zero-order valence-electron chi connectivity index (χ0n) is 14.7. The summed E-state index contributed by atoms with van der Waals surface area (Å²) in [4.78, 5) is 12.3. The summed E-state index contributed by atoms with van der Waals surface area (Å²) in [5.41, 5.74) is 0.426. The van der Waals surface area contributed by atoms with Crippen LogP contribution in [0, 0.1) is 0 Å². The van der Waals surface area contributed by atoms with Crippen molar-refractivity contribution in [3.63, 3.8) is 0 Å². The summed E-state index contributed by atoms with van der Waals surface area (Å²) >= 11 is 6.07. The molecule has 1 aliphatic rings. The molecule has 3 rings (SSSR count). The normalized spacial score (nSPS) is 17.8. The Bertz CT molecular complexity index is 717. The van der Waals surface area contributed by atoms with Crippen molar-refractivity contribution in [3.8, 4) is 5.75 Å². The maximum absolute atomic E-state index is 12.3. The van der Waals surface area contributed by atoms with Gasteiger partial charge in [0.05, 0.1) is 17.6 Å². The number of carbonyl (C=O) groups excluding carboxylic acids is 1. The predicted octanol–water partition coefficient (Wildman–Crippen LogP) is 3.08. The number of piperidine rings is 1. The summed E-state index contributed by atoms with van der Waals surface area (Å²) in [6, 6.07) is 9.36. The van der Waals surface area contributed by atoms with Crippen molar-refractivity contribution in [3.05, 3.63) is 47.2 Å². The molecule has 0 spiro atoms. The molecule has 0 saturated carbocycles. The molecule has 1 amide bonds. The van der Waals surface area contributed by atoms with Gasteiger partial charge in [0.15, 0.2) is 0 Å². The van der Waals surface area contributed by atoms with E-state index in [0.717, 1.165) is 25.9 Å². The molecule has 0 aliphatic carbocycles. The standard InChI is InChI=1S/C18H23ClN4O2.ClH/c1-13(25-17-7-3-2-6-15(17)19)11-21-18(24)16-8-10-23(22-16)14-5-4-9-20-12-14;/h2-3,6-8,10,13-14,20H,4-5,9,11-12H2,1H3,(H,21,24);1H. The number of benzene rings is 1. The second-order valence-electron chi connectivity index (χ2n) is 6.25. The zero-order valence-corrected chi connectivity index (χ0v) is 16.2. The van der Waals surface area contributed by atoms with Crippen molar-refractivity contribution >= 4 is 29.9 Å². The zero-order chi connectivity index (χ0) is 17.6. The third-order valence-electron chi connectivity index (χ3n) is 4.20. The smallest absolute Gasteiger partial charge is 0.271 e. The molecule has 0 radical (unpaired) electrons. The molecular formula is C18H24Cl2N4O2. The van der Waals surface area contributed by atoms with Gasteiger partial charge in [0.25, 0.3) is 5.91 Å². The second kappa shape index (κ2) is 9.80. The Morgan fingerprint density at radius 3 is 3.00 bits per heavy atom. The third-order valence-corrected chi connectivity index (χ3v) is 4.51. The highest BCUT2D eigenvalue weighted by atomic mass is 35.5. The van der Waals surface area contributed by atoms with Gasteiger partial charge in [-0.3, -0.25) is 9.48 Å². The summed E-state index contributed by atoms with van der Waals surface area (Å²) in [7, 11) is 0. The van der Waals surface area contributed by atoms with Crippen LogP contribution in [0.25, 0.3) is 0 Å². The summed E-state index contributed by atoms with van der Waals surface area (Å²) in [5.74, 6) is 0.414. The lowest BCUT2D eigenvalue weighted by Crippen LogP contribution is -2.34. The lowest BCUT2D eigenvalue weighted by Gasteiger charge is -2.22. The van der Waals surface area contributed by atoms with E-state index in [9.17, 15) is 4.79 Å². The number of para-hydroxylation sites is 1. The SMILES string of the molecule is CC(CNC(=O)c1ccn(C2CCCNC2)n1)Oc1ccccc1Cl.Cl. The molecule has 1 saturated heterocycles. The van der Waals surface area contributed by atoms with Gasteiger partial charge in [-0.2, -0.15) is 5.10 Å². The first-order chi connectivity index (χ1) is 12.1. The highest BCUT2D eigenvalue weighted by molar-refractivity contribution is 6.32. The number of rotatable bonds is 6. The molecule has 2 heterocycles. The van der Waals surface area contributed by atoms with Gasteiger partial charge < -0.3 is 15.4 Å². The average Bonchev–Trinajstić information content (AvgIpc) is 3.13. The van der Waals surface area contributed by atoms with E-state index >= 15 is 0 Å². The summed E-state index contributed by atoms with van der Waals surface area (Å²) < 4.78 is 7.63. The van der Waals surface area contributed by atoms with E-state index in [1.165, 1.54) is 0 Å². The summed E-state index contributed by atoms with van der Waals surface area (Å²) in [6.07, 6.45) is 3.88. The van der Waals surface area contributed by atoms with Gasteiger partial charge in [-0.1, -0.05) is 23.7 Å². The fraction of sp³-hybridized carbons (Fsp3) is 0.444. The predicted molar refractivity (Wildman–Crippen MR) is 104 cm³/mol. The van der Waals surface area contributed by atoms with Crippen LogP contribution in [0.4, 0.5) is 0 Å². The fourth-order valence-corrected chi connectivity index (χ4v) is 3.03. The Labute approximate surface area is 164 Å². The molecule has 1 aromatic carbocycles. The lowest BCUT2D eigenvalue weighted by atomic mass is 10.1. The number of ether oxygens (including phenoxy) is 1. The Morgan fingerprint density at radius 2 is 2.27 bits per heavy atom. The fourth-order valence-electron chi connectivity index (χ4n) is 2.85. The molecule has 6 nitrogen and oxygen atoms in total. The Hall–Kier alpha value is -1.76. The maximum atomic E-state index is 12.3. The van der Waals surface area contributed by atoms with E-state index in [-0.39, 0.29) is 24.4 Å². The molecule has 1 fully saturated rings. The van der Waals surface area contributed by atoms with Gasteiger partial charge in [-0.25, -0.2) is 0 Å². The van der Waals surface area contributed by atoms with Gasteiger partial charge in [0, 0.05) is 12.7 Å². The average molecular weight is 399 g/mol. The molecule has 8 heteroatoms. The van der Waals surface area contributed by atoms with Crippen molar-refractivity contribution in [2.75, 3.05) is 19.6 Å². The first-order valence-corrected chi connectivity index (χ1v) is 8.96. The van der Waals surface area contributed by atoms with Crippen LogP contribution in [-0.4, -0.2) is 41.4 Å². The number of amides is 1. The quantitative estimate of drug-likeness (QED) is 0.784. The molecule has 2 aromatic rings. The van der Waals surface area contributed by atoms with Crippen LogP contribution >= 0.6 is 24.0 Å². The van der Waals surface area contributed by atoms with Crippen LogP contribution in [0.15, 0.2) is 36.5 Å². The number of nitrogens with one attached hydrogen (secondary N) is 2.